The molecule has 0 bridgehead atoms. The normalized spacial score (nSPS) is 17.0. The summed E-state index contributed by atoms with van der Waals surface area (Å²) >= 11 is 0. The number of carbonyl (C=O) groups is 1. The summed E-state index contributed by atoms with van der Waals surface area (Å²) in [5, 5.41) is 3.28. The van der Waals surface area contributed by atoms with Crippen molar-refractivity contribution in [2.45, 2.75) is 31.8 Å². The molecule has 0 saturated heterocycles. The number of methoxy groups -OCH3 is 2. The van der Waals surface area contributed by atoms with Crippen molar-refractivity contribution in [3.05, 3.63) is 59.2 Å². The Balaban J connectivity index is 1.49. The van der Waals surface area contributed by atoms with Crippen LogP contribution in [0, 0.1) is 5.92 Å². The largest absolute Gasteiger partial charge is 0.493 e. The van der Waals surface area contributed by atoms with Crippen LogP contribution < -0.4 is 14.8 Å². The highest BCUT2D eigenvalue weighted by molar-refractivity contribution is 5.75. The van der Waals surface area contributed by atoms with E-state index in [0.717, 1.165) is 17.7 Å². The van der Waals surface area contributed by atoms with Crippen LogP contribution in [0.2, 0.25) is 0 Å². The Kier molecular flexibility index (Phi) is 4.92. The van der Waals surface area contributed by atoms with Gasteiger partial charge in [0.25, 0.3) is 0 Å². The predicted octanol–water partition coefficient (Wildman–Crippen LogP) is 3.92. The summed E-state index contributed by atoms with van der Waals surface area (Å²) in [4.78, 5) is 14.9. The van der Waals surface area contributed by atoms with Crippen LogP contribution in [-0.4, -0.2) is 31.7 Å². The van der Waals surface area contributed by atoms with Gasteiger partial charge < -0.3 is 19.7 Å². The molecular weight excluding hydrogens is 340 g/mol. The quantitative estimate of drug-likeness (QED) is 0.872. The number of ether oxygens (including phenoxy) is 2. The molecule has 1 atom stereocenters. The first-order chi connectivity index (χ1) is 13.2. The maximum absolute atomic E-state index is 13.0. The average Bonchev–Trinajstić information content (AvgIpc) is 3.56. The highest BCUT2D eigenvalue weighted by Gasteiger charge is 2.34. The van der Waals surface area contributed by atoms with Crippen LogP contribution in [0.5, 0.6) is 11.5 Å². The minimum atomic E-state index is 0.0104. The third kappa shape index (κ3) is 3.72. The highest BCUT2D eigenvalue weighted by atomic mass is 16.5. The highest BCUT2D eigenvalue weighted by Crippen LogP contribution is 2.41. The maximum atomic E-state index is 13.0. The second-order valence-corrected chi connectivity index (χ2v) is 7.32. The number of nitrogens with zero attached hydrogens (tertiary/aromatic N) is 1. The second-order valence-electron chi connectivity index (χ2n) is 7.32. The Morgan fingerprint density at radius 1 is 1.07 bits per heavy atom. The molecule has 2 aromatic carbocycles. The summed E-state index contributed by atoms with van der Waals surface area (Å²) < 4.78 is 10.8. The lowest BCUT2D eigenvalue weighted by molar-refractivity contribution is 0.186. The molecule has 2 aliphatic rings. The molecule has 2 aromatic rings. The van der Waals surface area contributed by atoms with Gasteiger partial charge in [-0.25, -0.2) is 4.79 Å². The third-order valence-electron chi connectivity index (χ3n) is 5.54. The van der Waals surface area contributed by atoms with E-state index in [2.05, 4.69) is 17.4 Å². The van der Waals surface area contributed by atoms with Gasteiger partial charge >= 0.3 is 6.03 Å². The van der Waals surface area contributed by atoms with Gasteiger partial charge in [0.1, 0.15) is 0 Å². The average molecular weight is 366 g/mol. The fourth-order valence-corrected chi connectivity index (χ4v) is 3.84. The van der Waals surface area contributed by atoms with E-state index in [-0.39, 0.29) is 12.1 Å². The molecular formula is C22H26N2O3. The number of hydrogen-bond acceptors (Lipinski definition) is 3. The Morgan fingerprint density at radius 3 is 2.37 bits per heavy atom. The van der Waals surface area contributed by atoms with E-state index >= 15 is 0 Å². The van der Waals surface area contributed by atoms with Crippen LogP contribution in [-0.2, 0) is 13.0 Å². The lowest BCUT2D eigenvalue weighted by atomic mass is 9.98. The zero-order valence-electron chi connectivity index (χ0n) is 15.9. The van der Waals surface area contributed by atoms with Gasteiger partial charge in [-0.15, -0.1) is 0 Å². The lowest BCUT2D eigenvalue weighted by Gasteiger charge is -2.31. The number of carbonyl (C=O) groups excluding carboxylic acids is 1. The summed E-state index contributed by atoms with van der Waals surface area (Å²) in [5.74, 6) is 2.00. The summed E-state index contributed by atoms with van der Waals surface area (Å²) in [6.07, 6.45) is 3.18. The SMILES string of the molecule is COc1cc2c(cc1OC)CN(C(=O)NC(c1ccccc1)C1CC1)CC2. The van der Waals surface area contributed by atoms with E-state index < -0.39 is 0 Å². The van der Waals surface area contributed by atoms with Crippen LogP contribution >= 0.6 is 0 Å². The van der Waals surface area contributed by atoms with Crippen molar-refractivity contribution < 1.29 is 14.3 Å². The summed E-state index contributed by atoms with van der Waals surface area (Å²) in [7, 11) is 3.28. The number of amides is 2. The molecule has 5 heteroatoms. The molecule has 1 aliphatic heterocycles. The molecule has 1 saturated carbocycles. The second kappa shape index (κ2) is 7.51. The van der Waals surface area contributed by atoms with Crippen molar-refractivity contribution in [1.29, 1.82) is 0 Å². The molecule has 0 aromatic heterocycles. The van der Waals surface area contributed by atoms with Gasteiger partial charge in [0.2, 0.25) is 0 Å². The van der Waals surface area contributed by atoms with Crippen molar-refractivity contribution in [2.24, 2.45) is 5.92 Å². The molecule has 2 amide bonds. The zero-order chi connectivity index (χ0) is 18.8. The van der Waals surface area contributed by atoms with Crippen molar-refractivity contribution in [2.75, 3.05) is 20.8 Å². The maximum Gasteiger partial charge on any atom is 0.318 e. The zero-order valence-corrected chi connectivity index (χ0v) is 15.9. The van der Waals surface area contributed by atoms with E-state index in [9.17, 15) is 4.79 Å². The Labute approximate surface area is 160 Å². The van der Waals surface area contributed by atoms with E-state index in [4.69, 9.17) is 9.47 Å². The molecule has 1 aliphatic carbocycles. The van der Waals surface area contributed by atoms with Crippen LogP contribution in [0.4, 0.5) is 4.79 Å². The monoisotopic (exact) mass is 366 g/mol. The van der Waals surface area contributed by atoms with Gasteiger partial charge in [-0.3, -0.25) is 0 Å². The molecule has 0 radical (unpaired) electrons. The minimum absolute atomic E-state index is 0.0104. The van der Waals surface area contributed by atoms with Crippen molar-refractivity contribution in [1.82, 2.24) is 10.2 Å². The number of hydrogen-bond donors (Lipinski definition) is 1. The number of nitrogens with one attached hydrogen (secondary N) is 1. The van der Waals surface area contributed by atoms with Crippen LogP contribution in [0.25, 0.3) is 0 Å². The van der Waals surface area contributed by atoms with E-state index in [1.54, 1.807) is 14.2 Å². The van der Waals surface area contributed by atoms with Gasteiger partial charge in [0.15, 0.2) is 11.5 Å². The number of rotatable bonds is 5. The number of urea groups is 1. The summed E-state index contributed by atoms with van der Waals surface area (Å²) in [6.45, 7) is 1.30. The van der Waals surface area contributed by atoms with Gasteiger partial charge in [-0.1, -0.05) is 30.3 Å². The Morgan fingerprint density at radius 2 is 1.74 bits per heavy atom. The van der Waals surface area contributed by atoms with E-state index in [1.807, 2.05) is 35.2 Å². The molecule has 1 N–H and O–H groups in total. The van der Waals surface area contributed by atoms with E-state index in [0.29, 0.717) is 24.8 Å². The predicted molar refractivity (Wildman–Crippen MR) is 104 cm³/mol. The molecule has 5 nitrogen and oxygen atoms in total. The van der Waals surface area contributed by atoms with Crippen LogP contribution in [0.3, 0.4) is 0 Å². The fraction of sp³-hybridized carbons (Fsp3) is 0.409. The first-order valence-corrected chi connectivity index (χ1v) is 9.53. The molecule has 1 heterocycles. The van der Waals surface area contributed by atoms with Gasteiger partial charge in [-0.05, 0) is 54.0 Å². The molecule has 0 spiro atoms. The smallest absolute Gasteiger partial charge is 0.318 e. The minimum Gasteiger partial charge on any atom is -0.493 e. The summed E-state index contributed by atoms with van der Waals surface area (Å²) in [6, 6.07) is 14.4. The molecule has 27 heavy (non-hydrogen) atoms. The first-order valence-electron chi connectivity index (χ1n) is 9.53. The topological polar surface area (TPSA) is 50.8 Å². The van der Waals surface area contributed by atoms with Crippen LogP contribution in [0.1, 0.15) is 35.6 Å². The van der Waals surface area contributed by atoms with Gasteiger partial charge in [0, 0.05) is 13.1 Å². The van der Waals surface area contributed by atoms with Crippen molar-refractivity contribution in [3.63, 3.8) is 0 Å². The first kappa shape index (κ1) is 17.7. The fourth-order valence-electron chi connectivity index (χ4n) is 3.84. The molecule has 1 fully saturated rings. The van der Waals surface area contributed by atoms with Gasteiger partial charge in [0.05, 0.1) is 20.3 Å². The standard InChI is InChI=1S/C22H26N2O3/c1-26-19-12-17-10-11-24(14-18(17)13-20(19)27-2)22(25)23-21(16-8-9-16)15-6-4-3-5-7-15/h3-7,12-13,16,21H,8-11,14H2,1-2H3,(H,23,25). The summed E-state index contributed by atoms with van der Waals surface area (Å²) in [5.41, 5.74) is 3.53. The number of benzene rings is 2. The lowest BCUT2D eigenvalue weighted by Crippen LogP contribution is -2.44. The van der Waals surface area contributed by atoms with Crippen molar-refractivity contribution in [3.8, 4) is 11.5 Å². The molecule has 1 unspecified atom stereocenters. The van der Waals surface area contributed by atoms with E-state index in [1.165, 1.54) is 24.0 Å². The number of fused-ring (bicyclic) bond motifs is 1. The third-order valence-corrected chi connectivity index (χ3v) is 5.54. The van der Waals surface area contributed by atoms with Crippen LogP contribution in [0.15, 0.2) is 42.5 Å². The molecule has 4 rings (SSSR count). The van der Waals surface area contributed by atoms with Gasteiger partial charge in [-0.2, -0.15) is 0 Å². The Hall–Kier alpha value is -2.69. The Bertz CT molecular complexity index is 818. The molecule has 142 valence electrons. The van der Waals surface area contributed by atoms with Crippen molar-refractivity contribution >= 4 is 6.03 Å².